The number of amides is 1. The van der Waals surface area contributed by atoms with Gasteiger partial charge in [0.1, 0.15) is 17.2 Å². The maximum atomic E-state index is 13.2. The number of hydrogen-bond donors (Lipinski definition) is 1. The molecule has 0 fully saturated rings. The first-order chi connectivity index (χ1) is 15.5. The van der Waals surface area contributed by atoms with Crippen molar-refractivity contribution in [2.24, 2.45) is 7.05 Å². The van der Waals surface area contributed by atoms with Gasteiger partial charge in [0.15, 0.2) is 0 Å². The van der Waals surface area contributed by atoms with Crippen molar-refractivity contribution in [3.05, 3.63) is 96.2 Å². The number of anilines is 1. The Balaban J connectivity index is 1.39. The molecule has 1 amide bonds. The Bertz CT molecular complexity index is 1450. The molecule has 3 aromatic heterocycles. The summed E-state index contributed by atoms with van der Waals surface area (Å²) in [5, 5.41) is 7.32. The van der Waals surface area contributed by atoms with Crippen LogP contribution in [0.15, 0.2) is 79.1 Å². The molecule has 1 N–H and O–H groups in total. The predicted octanol–water partition coefficient (Wildman–Crippen LogP) is 5.10. The van der Waals surface area contributed by atoms with Gasteiger partial charge in [0, 0.05) is 36.3 Å². The van der Waals surface area contributed by atoms with E-state index < -0.39 is 0 Å². The minimum absolute atomic E-state index is 0.281. The fourth-order valence-corrected chi connectivity index (χ4v) is 3.62. The first kappa shape index (κ1) is 19.7. The summed E-state index contributed by atoms with van der Waals surface area (Å²) >= 11 is 0. The normalized spacial score (nSPS) is 11.1. The van der Waals surface area contributed by atoms with Crippen LogP contribution in [-0.4, -0.2) is 25.1 Å². The molecule has 0 aliphatic heterocycles. The first-order valence-electron chi connectivity index (χ1n) is 10.1. The number of aryl methyl sites for hydroxylation is 2. The summed E-state index contributed by atoms with van der Waals surface area (Å²) in [6.45, 7) is 2.03. The standard InChI is InChI=1S/C25H20FN5O/c1-16-10-11-31-15-22(28-24(31)12-16)18-4-3-5-20(13-18)27-25(32)23-14-21(29-30(23)2)17-6-8-19(26)9-7-17/h3-15H,1-2H3,(H,27,32). The van der Waals surface area contributed by atoms with Crippen molar-refractivity contribution < 1.29 is 9.18 Å². The van der Waals surface area contributed by atoms with Gasteiger partial charge in [0.2, 0.25) is 0 Å². The lowest BCUT2D eigenvalue weighted by Crippen LogP contribution is -2.16. The number of nitrogens with one attached hydrogen (secondary N) is 1. The van der Waals surface area contributed by atoms with Crippen molar-refractivity contribution in [2.45, 2.75) is 6.92 Å². The topological polar surface area (TPSA) is 64.2 Å². The molecule has 0 aliphatic carbocycles. The Labute approximate surface area is 184 Å². The monoisotopic (exact) mass is 425 g/mol. The number of rotatable bonds is 4. The molecule has 0 saturated carbocycles. The SMILES string of the molecule is Cc1ccn2cc(-c3cccc(NC(=O)c4cc(-c5ccc(F)cc5)nn4C)c3)nc2c1. The number of nitrogens with zero attached hydrogens (tertiary/aromatic N) is 4. The minimum atomic E-state index is -0.316. The number of aromatic nitrogens is 4. The number of pyridine rings is 1. The molecule has 7 heteroatoms. The third kappa shape index (κ3) is 3.76. The van der Waals surface area contributed by atoms with Crippen molar-refractivity contribution >= 4 is 17.2 Å². The smallest absolute Gasteiger partial charge is 0.273 e. The average molecular weight is 425 g/mol. The molecule has 3 heterocycles. The molecule has 158 valence electrons. The van der Waals surface area contributed by atoms with Crippen LogP contribution < -0.4 is 5.32 Å². The van der Waals surface area contributed by atoms with Crippen LogP contribution in [-0.2, 0) is 7.05 Å². The quantitative estimate of drug-likeness (QED) is 0.436. The highest BCUT2D eigenvalue weighted by atomic mass is 19.1. The minimum Gasteiger partial charge on any atom is -0.321 e. The van der Waals surface area contributed by atoms with Gasteiger partial charge >= 0.3 is 0 Å². The molecule has 5 rings (SSSR count). The van der Waals surface area contributed by atoms with Crippen molar-refractivity contribution in [3.8, 4) is 22.5 Å². The van der Waals surface area contributed by atoms with Gasteiger partial charge in [-0.3, -0.25) is 9.48 Å². The predicted molar refractivity (Wildman–Crippen MR) is 122 cm³/mol. The highest BCUT2D eigenvalue weighted by Gasteiger charge is 2.15. The lowest BCUT2D eigenvalue weighted by atomic mass is 10.1. The second-order valence-corrected chi connectivity index (χ2v) is 7.68. The van der Waals surface area contributed by atoms with Crippen LogP contribution in [0.5, 0.6) is 0 Å². The van der Waals surface area contributed by atoms with Crippen molar-refractivity contribution in [1.29, 1.82) is 0 Å². The maximum absolute atomic E-state index is 13.2. The largest absolute Gasteiger partial charge is 0.321 e. The van der Waals surface area contributed by atoms with E-state index in [0.717, 1.165) is 28.0 Å². The van der Waals surface area contributed by atoms with Gasteiger partial charge in [-0.15, -0.1) is 0 Å². The van der Waals surface area contributed by atoms with E-state index in [1.165, 1.54) is 16.8 Å². The molecule has 0 aliphatic rings. The van der Waals surface area contributed by atoms with Crippen LogP contribution in [0.4, 0.5) is 10.1 Å². The summed E-state index contributed by atoms with van der Waals surface area (Å²) in [5.74, 6) is -0.598. The Morgan fingerprint density at radius 2 is 1.78 bits per heavy atom. The van der Waals surface area contributed by atoms with Gasteiger partial charge in [-0.25, -0.2) is 9.37 Å². The molecule has 0 bridgehead atoms. The zero-order chi connectivity index (χ0) is 22.2. The molecular formula is C25H20FN5O. The second kappa shape index (κ2) is 7.77. The average Bonchev–Trinajstić information content (AvgIpc) is 3.38. The summed E-state index contributed by atoms with van der Waals surface area (Å²) in [6, 6.07) is 19.3. The number of carbonyl (C=O) groups excluding carboxylic acids is 1. The third-order valence-electron chi connectivity index (χ3n) is 5.28. The third-order valence-corrected chi connectivity index (χ3v) is 5.28. The summed E-state index contributed by atoms with van der Waals surface area (Å²) in [7, 11) is 1.71. The molecule has 32 heavy (non-hydrogen) atoms. The molecule has 0 radical (unpaired) electrons. The van der Waals surface area contributed by atoms with Gasteiger partial charge in [-0.1, -0.05) is 12.1 Å². The van der Waals surface area contributed by atoms with Gasteiger partial charge in [-0.2, -0.15) is 5.10 Å². The Morgan fingerprint density at radius 1 is 0.969 bits per heavy atom. The zero-order valence-electron chi connectivity index (χ0n) is 17.6. The van der Waals surface area contributed by atoms with Crippen LogP contribution in [0, 0.1) is 12.7 Å². The van der Waals surface area contributed by atoms with Crippen LogP contribution in [0.3, 0.4) is 0 Å². The molecule has 2 aromatic carbocycles. The van der Waals surface area contributed by atoms with Crippen LogP contribution >= 0.6 is 0 Å². The molecule has 0 saturated heterocycles. The van der Waals surface area contributed by atoms with Gasteiger partial charge in [-0.05, 0) is 67.1 Å². The zero-order valence-corrected chi connectivity index (χ0v) is 17.6. The van der Waals surface area contributed by atoms with E-state index in [9.17, 15) is 9.18 Å². The van der Waals surface area contributed by atoms with E-state index in [1.807, 2.05) is 60.1 Å². The van der Waals surface area contributed by atoms with Crippen LogP contribution in [0.1, 0.15) is 16.1 Å². The van der Waals surface area contributed by atoms with Crippen molar-refractivity contribution in [3.63, 3.8) is 0 Å². The molecule has 6 nitrogen and oxygen atoms in total. The number of benzene rings is 2. The summed E-state index contributed by atoms with van der Waals surface area (Å²) < 4.78 is 16.7. The van der Waals surface area contributed by atoms with Gasteiger partial charge in [0.25, 0.3) is 5.91 Å². The fraction of sp³-hybridized carbons (Fsp3) is 0.0800. The lowest BCUT2D eigenvalue weighted by Gasteiger charge is -2.06. The number of carbonyl (C=O) groups is 1. The number of halogens is 1. The maximum Gasteiger partial charge on any atom is 0.273 e. The highest BCUT2D eigenvalue weighted by molar-refractivity contribution is 6.04. The highest BCUT2D eigenvalue weighted by Crippen LogP contribution is 2.24. The number of imidazole rings is 1. The van der Waals surface area contributed by atoms with E-state index >= 15 is 0 Å². The summed E-state index contributed by atoms with van der Waals surface area (Å²) in [5.41, 5.74) is 6.15. The molecule has 5 aromatic rings. The number of fused-ring (bicyclic) bond motifs is 1. The van der Waals surface area contributed by atoms with Gasteiger partial charge in [0.05, 0.1) is 11.4 Å². The van der Waals surface area contributed by atoms with E-state index in [0.29, 0.717) is 17.1 Å². The van der Waals surface area contributed by atoms with Gasteiger partial charge < -0.3 is 9.72 Å². The second-order valence-electron chi connectivity index (χ2n) is 7.68. The Hall–Kier alpha value is -4.26. The van der Waals surface area contributed by atoms with E-state index in [4.69, 9.17) is 0 Å². The first-order valence-corrected chi connectivity index (χ1v) is 10.1. The molecule has 0 spiro atoms. The summed E-state index contributed by atoms with van der Waals surface area (Å²) in [6.07, 6.45) is 3.94. The molecule has 0 atom stereocenters. The fourth-order valence-electron chi connectivity index (χ4n) is 3.62. The molecule has 0 unspecified atom stereocenters. The van der Waals surface area contributed by atoms with E-state index in [-0.39, 0.29) is 11.7 Å². The van der Waals surface area contributed by atoms with Crippen LogP contribution in [0.2, 0.25) is 0 Å². The van der Waals surface area contributed by atoms with Crippen molar-refractivity contribution in [2.75, 3.05) is 5.32 Å². The van der Waals surface area contributed by atoms with E-state index in [1.54, 1.807) is 25.2 Å². The lowest BCUT2D eigenvalue weighted by molar-refractivity contribution is 0.101. The Kier molecular flexibility index (Phi) is 4.78. The van der Waals surface area contributed by atoms with E-state index in [2.05, 4.69) is 15.4 Å². The van der Waals surface area contributed by atoms with Crippen molar-refractivity contribution in [1.82, 2.24) is 19.2 Å². The molecular weight excluding hydrogens is 405 g/mol. The Morgan fingerprint density at radius 3 is 2.59 bits per heavy atom. The van der Waals surface area contributed by atoms with Crippen LogP contribution in [0.25, 0.3) is 28.2 Å². The summed E-state index contributed by atoms with van der Waals surface area (Å²) in [4.78, 5) is 17.6. The number of hydrogen-bond acceptors (Lipinski definition) is 3.